The summed E-state index contributed by atoms with van der Waals surface area (Å²) in [6, 6.07) is 7.84. The molecule has 1 heterocycles. The first-order valence-electron chi connectivity index (χ1n) is 6.16. The van der Waals surface area contributed by atoms with Crippen LogP contribution in [0.25, 0.3) is 10.8 Å². The van der Waals surface area contributed by atoms with Crippen LogP contribution < -0.4 is 9.47 Å². The van der Waals surface area contributed by atoms with Gasteiger partial charge < -0.3 is 9.47 Å². The van der Waals surface area contributed by atoms with Crippen LogP contribution in [0.5, 0.6) is 11.8 Å². The van der Waals surface area contributed by atoms with Gasteiger partial charge in [0, 0.05) is 0 Å². The standard InChI is InChI=1S/C14H18N2O2/c1-9(2)17-13-11-7-5-6-8-12(11)14(16-15-13)18-10(3)4/h5-10H,1-4H3. The van der Waals surface area contributed by atoms with Crippen LogP contribution in [0.1, 0.15) is 27.7 Å². The van der Waals surface area contributed by atoms with Gasteiger partial charge in [0.2, 0.25) is 11.8 Å². The quantitative estimate of drug-likeness (QED) is 0.831. The zero-order valence-corrected chi connectivity index (χ0v) is 11.2. The fraction of sp³-hybridized carbons (Fsp3) is 0.429. The molecule has 0 unspecified atom stereocenters. The van der Waals surface area contributed by atoms with Gasteiger partial charge in [0.25, 0.3) is 0 Å². The molecule has 1 aromatic carbocycles. The first-order valence-corrected chi connectivity index (χ1v) is 6.16. The lowest BCUT2D eigenvalue weighted by atomic mass is 10.2. The monoisotopic (exact) mass is 246 g/mol. The van der Waals surface area contributed by atoms with Gasteiger partial charge in [-0.3, -0.25) is 0 Å². The molecule has 0 amide bonds. The average Bonchev–Trinajstić information content (AvgIpc) is 2.31. The van der Waals surface area contributed by atoms with Crippen molar-refractivity contribution in [3.8, 4) is 11.8 Å². The van der Waals surface area contributed by atoms with E-state index in [1.807, 2.05) is 52.0 Å². The third-order valence-electron chi connectivity index (χ3n) is 2.31. The third-order valence-corrected chi connectivity index (χ3v) is 2.31. The topological polar surface area (TPSA) is 44.2 Å². The van der Waals surface area contributed by atoms with Crippen molar-refractivity contribution in [2.24, 2.45) is 0 Å². The molecule has 0 radical (unpaired) electrons. The summed E-state index contributed by atoms with van der Waals surface area (Å²) in [5.41, 5.74) is 0. The summed E-state index contributed by atoms with van der Waals surface area (Å²) in [7, 11) is 0. The van der Waals surface area contributed by atoms with Crippen LogP contribution in [0.2, 0.25) is 0 Å². The molecule has 0 spiro atoms. The molecule has 96 valence electrons. The minimum absolute atomic E-state index is 0.0690. The Balaban J connectivity index is 2.51. The fourth-order valence-electron chi connectivity index (χ4n) is 1.68. The van der Waals surface area contributed by atoms with Gasteiger partial charge in [-0.05, 0) is 39.8 Å². The molecule has 0 saturated heterocycles. The predicted octanol–water partition coefficient (Wildman–Crippen LogP) is 3.20. The molecule has 0 bridgehead atoms. The summed E-state index contributed by atoms with van der Waals surface area (Å²) >= 11 is 0. The molecule has 0 aliphatic carbocycles. The van der Waals surface area contributed by atoms with Crippen molar-refractivity contribution in [3.63, 3.8) is 0 Å². The molecule has 0 saturated carbocycles. The van der Waals surface area contributed by atoms with Crippen LogP contribution in [0.15, 0.2) is 24.3 Å². The van der Waals surface area contributed by atoms with E-state index in [1.54, 1.807) is 0 Å². The van der Waals surface area contributed by atoms with E-state index in [0.29, 0.717) is 11.8 Å². The van der Waals surface area contributed by atoms with Crippen LogP contribution in [0, 0.1) is 0 Å². The Morgan fingerprint density at radius 2 is 1.17 bits per heavy atom. The van der Waals surface area contributed by atoms with Gasteiger partial charge >= 0.3 is 0 Å². The molecule has 1 aromatic heterocycles. The maximum absolute atomic E-state index is 5.66. The molecule has 2 rings (SSSR count). The van der Waals surface area contributed by atoms with Gasteiger partial charge in [-0.1, -0.05) is 12.1 Å². The minimum Gasteiger partial charge on any atom is -0.473 e. The number of hydrogen-bond donors (Lipinski definition) is 0. The summed E-state index contributed by atoms with van der Waals surface area (Å²) in [5, 5.41) is 10.1. The van der Waals surface area contributed by atoms with Crippen molar-refractivity contribution in [1.29, 1.82) is 0 Å². The van der Waals surface area contributed by atoms with E-state index in [4.69, 9.17) is 9.47 Å². The molecule has 4 heteroatoms. The van der Waals surface area contributed by atoms with Crippen molar-refractivity contribution in [2.75, 3.05) is 0 Å². The fourth-order valence-corrected chi connectivity index (χ4v) is 1.68. The van der Waals surface area contributed by atoms with Gasteiger partial charge in [-0.15, -0.1) is 10.2 Å². The van der Waals surface area contributed by atoms with Gasteiger partial charge in [0.1, 0.15) is 0 Å². The second-order valence-corrected chi connectivity index (χ2v) is 4.69. The van der Waals surface area contributed by atoms with E-state index in [0.717, 1.165) is 10.8 Å². The molecular weight excluding hydrogens is 228 g/mol. The molecule has 4 nitrogen and oxygen atoms in total. The number of hydrogen-bond acceptors (Lipinski definition) is 4. The molecule has 0 aliphatic heterocycles. The number of ether oxygens (including phenoxy) is 2. The summed E-state index contributed by atoms with van der Waals surface area (Å²) in [4.78, 5) is 0. The van der Waals surface area contributed by atoms with Gasteiger partial charge in [-0.2, -0.15) is 0 Å². The maximum atomic E-state index is 5.66. The lowest BCUT2D eigenvalue weighted by Crippen LogP contribution is -2.11. The van der Waals surface area contributed by atoms with Crippen molar-refractivity contribution in [2.45, 2.75) is 39.9 Å². The highest BCUT2D eigenvalue weighted by molar-refractivity contribution is 5.90. The number of fused-ring (bicyclic) bond motifs is 1. The molecular formula is C14H18N2O2. The van der Waals surface area contributed by atoms with Crippen molar-refractivity contribution >= 4 is 10.8 Å². The Kier molecular flexibility index (Phi) is 3.65. The number of nitrogens with zero attached hydrogens (tertiary/aromatic N) is 2. The number of benzene rings is 1. The Morgan fingerprint density at radius 3 is 1.50 bits per heavy atom. The first-order chi connectivity index (χ1) is 8.58. The van der Waals surface area contributed by atoms with Crippen molar-refractivity contribution in [3.05, 3.63) is 24.3 Å². The van der Waals surface area contributed by atoms with E-state index in [1.165, 1.54) is 0 Å². The maximum Gasteiger partial charge on any atom is 0.241 e. The van der Waals surface area contributed by atoms with Crippen LogP contribution in [-0.2, 0) is 0 Å². The number of aromatic nitrogens is 2. The Morgan fingerprint density at radius 1 is 0.778 bits per heavy atom. The van der Waals surface area contributed by atoms with Gasteiger partial charge in [-0.25, -0.2) is 0 Å². The van der Waals surface area contributed by atoms with Crippen LogP contribution in [0.3, 0.4) is 0 Å². The smallest absolute Gasteiger partial charge is 0.241 e. The second kappa shape index (κ2) is 5.21. The normalized spacial score (nSPS) is 11.2. The lowest BCUT2D eigenvalue weighted by Gasteiger charge is -2.14. The molecule has 0 N–H and O–H groups in total. The summed E-state index contributed by atoms with van der Waals surface area (Å²) in [6.07, 6.45) is 0.138. The Bertz CT molecular complexity index is 490. The Labute approximate surface area is 107 Å². The summed E-state index contributed by atoms with van der Waals surface area (Å²) in [5.74, 6) is 1.11. The molecule has 0 atom stereocenters. The second-order valence-electron chi connectivity index (χ2n) is 4.69. The average molecular weight is 246 g/mol. The third kappa shape index (κ3) is 2.70. The highest BCUT2D eigenvalue weighted by atomic mass is 16.5. The van der Waals surface area contributed by atoms with E-state index in [2.05, 4.69) is 10.2 Å². The van der Waals surface area contributed by atoms with Crippen LogP contribution in [0.4, 0.5) is 0 Å². The van der Waals surface area contributed by atoms with E-state index < -0.39 is 0 Å². The SMILES string of the molecule is CC(C)Oc1nnc(OC(C)C)c2ccccc12. The molecule has 0 fully saturated rings. The van der Waals surface area contributed by atoms with E-state index in [-0.39, 0.29) is 12.2 Å². The summed E-state index contributed by atoms with van der Waals surface area (Å²) in [6.45, 7) is 7.87. The lowest BCUT2D eigenvalue weighted by molar-refractivity contribution is 0.220. The van der Waals surface area contributed by atoms with Crippen molar-refractivity contribution < 1.29 is 9.47 Å². The van der Waals surface area contributed by atoms with Crippen LogP contribution >= 0.6 is 0 Å². The Hall–Kier alpha value is -1.84. The first kappa shape index (κ1) is 12.6. The van der Waals surface area contributed by atoms with E-state index in [9.17, 15) is 0 Å². The summed E-state index contributed by atoms with van der Waals surface area (Å²) < 4.78 is 11.3. The zero-order chi connectivity index (χ0) is 13.1. The zero-order valence-electron chi connectivity index (χ0n) is 11.2. The molecule has 0 aliphatic rings. The van der Waals surface area contributed by atoms with Crippen LogP contribution in [-0.4, -0.2) is 22.4 Å². The largest absolute Gasteiger partial charge is 0.473 e. The predicted molar refractivity (Wildman–Crippen MR) is 71.1 cm³/mol. The van der Waals surface area contributed by atoms with Crippen molar-refractivity contribution in [1.82, 2.24) is 10.2 Å². The highest BCUT2D eigenvalue weighted by Crippen LogP contribution is 2.29. The van der Waals surface area contributed by atoms with Gasteiger partial charge in [0.05, 0.1) is 23.0 Å². The molecule has 2 aromatic rings. The molecule has 18 heavy (non-hydrogen) atoms. The number of rotatable bonds is 4. The minimum atomic E-state index is 0.0690. The van der Waals surface area contributed by atoms with E-state index >= 15 is 0 Å². The van der Waals surface area contributed by atoms with Gasteiger partial charge in [0.15, 0.2) is 0 Å². The highest BCUT2D eigenvalue weighted by Gasteiger charge is 2.12.